The van der Waals surface area contributed by atoms with Crippen molar-refractivity contribution >= 4 is 27.2 Å². The number of carbonyl (C=O) groups excluding carboxylic acids is 1. The van der Waals surface area contributed by atoms with Crippen molar-refractivity contribution in [2.75, 3.05) is 0 Å². The van der Waals surface area contributed by atoms with Crippen molar-refractivity contribution in [3.8, 4) is 11.5 Å². The van der Waals surface area contributed by atoms with Crippen molar-refractivity contribution in [3.63, 3.8) is 0 Å². The van der Waals surface area contributed by atoms with Crippen LogP contribution in [0, 0.1) is 0 Å². The minimum absolute atomic E-state index is 0.112. The van der Waals surface area contributed by atoms with Gasteiger partial charge in [-0.2, -0.15) is 0 Å². The van der Waals surface area contributed by atoms with Crippen LogP contribution < -0.4 is 4.74 Å². The summed E-state index contributed by atoms with van der Waals surface area (Å²) in [5.74, 6) is 1.25. The van der Waals surface area contributed by atoms with E-state index in [2.05, 4.69) is 13.8 Å². The summed E-state index contributed by atoms with van der Waals surface area (Å²) in [6, 6.07) is 26.7. The number of halogens is 1. The molecule has 0 N–H and O–H groups in total. The van der Waals surface area contributed by atoms with Gasteiger partial charge in [0, 0.05) is 16.1 Å². The van der Waals surface area contributed by atoms with Crippen LogP contribution in [0.25, 0.3) is 0 Å². The van der Waals surface area contributed by atoms with Gasteiger partial charge in [-0.3, -0.25) is 4.79 Å². The van der Waals surface area contributed by atoms with E-state index in [1.807, 2.05) is 12.1 Å². The summed E-state index contributed by atoms with van der Waals surface area (Å²) in [4.78, 5) is 13.0. The fourth-order valence-corrected chi connectivity index (χ4v) is 4.82. The van der Waals surface area contributed by atoms with Crippen molar-refractivity contribution in [2.45, 2.75) is 29.6 Å². The molecular weight excluding hydrogens is 468 g/mol. The Bertz CT molecular complexity index is 1390. The number of benzene rings is 4. The summed E-state index contributed by atoms with van der Waals surface area (Å²) in [6.07, 6.45) is 0. The fraction of sp³-hybridized carbons (Fsp3) is 0.107. The zero-order chi connectivity index (χ0) is 24.3. The van der Waals surface area contributed by atoms with E-state index in [0.717, 1.165) is 5.56 Å². The number of carbonyl (C=O) groups is 1. The molecule has 0 fully saturated rings. The molecule has 172 valence electrons. The van der Waals surface area contributed by atoms with Crippen molar-refractivity contribution in [1.82, 2.24) is 0 Å². The van der Waals surface area contributed by atoms with Crippen LogP contribution in [0.2, 0.25) is 5.02 Å². The first-order valence-electron chi connectivity index (χ1n) is 10.8. The van der Waals surface area contributed by atoms with E-state index in [0.29, 0.717) is 33.6 Å². The van der Waals surface area contributed by atoms with Crippen LogP contribution in [0.15, 0.2) is 107 Å². The molecule has 6 heteroatoms. The molecule has 0 amide bonds. The highest BCUT2D eigenvalue weighted by Gasteiger charge is 2.18. The lowest BCUT2D eigenvalue weighted by atomic mass is 10.0. The van der Waals surface area contributed by atoms with E-state index >= 15 is 0 Å². The van der Waals surface area contributed by atoms with Gasteiger partial charge in [0.25, 0.3) is 0 Å². The zero-order valence-electron chi connectivity index (χ0n) is 18.7. The molecule has 4 aromatic rings. The van der Waals surface area contributed by atoms with Gasteiger partial charge in [0.2, 0.25) is 9.84 Å². The van der Waals surface area contributed by atoms with Crippen LogP contribution in [-0.2, 0) is 9.84 Å². The lowest BCUT2D eigenvalue weighted by Gasteiger charge is -2.10. The van der Waals surface area contributed by atoms with Crippen LogP contribution >= 0.6 is 11.6 Å². The van der Waals surface area contributed by atoms with E-state index < -0.39 is 9.84 Å². The molecule has 0 aliphatic rings. The summed E-state index contributed by atoms with van der Waals surface area (Å²) in [5, 5.41) is 0.572. The van der Waals surface area contributed by atoms with E-state index in [1.54, 1.807) is 72.8 Å². The first-order chi connectivity index (χ1) is 16.2. The predicted molar refractivity (Wildman–Crippen MR) is 134 cm³/mol. The lowest BCUT2D eigenvalue weighted by Crippen LogP contribution is -2.02. The highest BCUT2D eigenvalue weighted by molar-refractivity contribution is 7.91. The quantitative estimate of drug-likeness (QED) is 0.255. The Morgan fingerprint density at radius 2 is 1.09 bits per heavy atom. The molecule has 4 nitrogen and oxygen atoms in total. The van der Waals surface area contributed by atoms with Gasteiger partial charge in [0.1, 0.15) is 11.5 Å². The maximum Gasteiger partial charge on any atom is 0.206 e. The highest BCUT2D eigenvalue weighted by atomic mass is 35.5. The van der Waals surface area contributed by atoms with Gasteiger partial charge in [0.05, 0.1) is 9.79 Å². The molecule has 4 aromatic carbocycles. The van der Waals surface area contributed by atoms with Crippen LogP contribution in [0.4, 0.5) is 0 Å². The first-order valence-corrected chi connectivity index (χ1v) is 12.6. The molecule has 0 aromatic heterocycles. The van der Waals surface area contributed by atoms with Gasteiger partial charge in [-0.1, -0.05) is 37.6 Å². The minimum Gasteiger partial charge on any atom is -0.457 e. The monoisotopic (exact) mass is 490 g/mol. The van der Waals surface area contributed by atoms with Crippen LogP contribution in [0.1, 0.15) is 41.3 Å². The molecule has 0 atom stereocenters. The largest absolute Gasteiger partial charge is 0.457 e. The molecule has 0 aliphatic carbocycles. The number of rotatable bonds is 7. The van der Waals surface area contributed by atoms with Crippen LogP contribution in [-0.4, -0.2) is 14.2 Å². The summed E-state index contributed by atoms with van der Waals surface area (Å²) >= 11 is 5.88. The molecular formula is C28H23ClO4S. The average Bonchev–Trinajstić information content (AvgIpc) is 2.85. The van der Waals surface area contributed by atoms with Crippen LogP contribution in [0.3, 0.4) is 0 Å². The second kappa shape index (κ2) is 9.84. The Balaban J connectivity index is 1.46. The van der Waals surface area contributed by atoms with Gasteiger partial charge in [-0.05, 0) is 96.4 Å². The molecule has 0 radical (unpaired) electrons. The third kappa shape index (κ3) is 5.22. The second-order valence-electron chi connectivity index (χ2n) is 8.16. The second-order valence-corrected chi connectivity index (χ2v) is 10.5. The first kappa shape index (κ1) is 23.7. The number of sulfone groups is 1. The standard InChI is InChI=1S/C28H23ClO4S/c1-19(2)20-7-15-26(16-8-20)34(31,32)27-17-13-25(14-18-27)33-24-11-5-22(6-12-24)28(30)21-3-9-23(29)10-4-21/h3-19H,1-2H3. The molecule has 34 heavy (non-hydrogen) atoms. The molecule has 0 heterocycles. The van der Waals surface area contributed by atoms with Gasteiger partial charge in [-0.15, -0.1) is 0 Å². The Morgan fingerprint density at radius 3 is 1.56 bits per heavy atom. The maximum atomic E-state index is 12.9. The number of ether oxygens (including phenoxy) is 1. The summed E-state index contributed by atoms with van der Waals surface area (Å²) < 4.78 is 31.7. The van der Waals surface area contributed by atoms with Gasteiger partial charge in [-0.25, -0.2) is 8.42 Å². The van der Waals surface area contributed by atoms with Gasteiger partial charge < -0.3 is 4.74 Å². The van der Waals surface area contributed by atoms with Crippen molar-refractivity contribution in [1.29, 1.82) is 0 Å². The Kier molecular flexibility index (Phi) is 6.87. The predicted octanol–water partition coefficient (Wildman–Crippen LogP) is 7.32. The smallest absolute Gasteiger partial charge is 0.206 e. The maximum absolute atomic E-state index is 12.9. The molecule has 0 unspecified atom stereocenters. The van der Waals surface area contributed by atoms with E-state index in [1.165, 1.54) is 12.1 Å². The average molecular weight is 491 g/mol. The SMILES string of the molecule is CC(C)c1ccc(S(=O)(=O)c2ccc(Oc3ccc(C(=O)c4ccc(Cl)cc4)cc3)cc2)cc1. The summed E-state index contributed by atoms with van der Waals surface area (Å²) in [5.41, 5.74) is 2.16. The number of hydrogen-bond acceptors (Lipinski definition) is 4. The number of ketones is 1. The Morgan fingerprint density at radius 1 is 0.676 bits per heavy atom. The van der Waals surface area contributed by atoms with Crippen molar-refractivity contribution in [2.24, 2.45) is 0 Å². The molecule has 4 rings (SSSR count). The van der Waals surface area contributed by atoms with Crippen molar-refractivity contribution in [3.05, 3.63) is 119 Å². The summed E-state index contributed by atoms with van der Waals surface area (Å²) in [7, 11) is -3.62. The van der Waals surface area contributed by atoms with Crippen molar-refractivity contribution < 1.29 is 17.9 Å². The fourth-order valence-electron chi connectivity index (χ4n) is 3.43. The third-order valence-electron chi connectivity index (χ3n) is 5.45. The normalized spacial score (nSPS) is 11.4. The molecule has 0 saturated carbocycles. The highest BCUT2D eigenvalue weighted by Crippen LogP contribution is 2.27. The van der Waals surface area contributed by atoms with E-state index in [9.17, 15) is 13.2 Å². The lowest BCUT2D eigenvalue weighted by molar-refractivity contribution is 0.103. The van der Waals surface area contributed by atoms with Gasteiger partial charge >= 0.3 is 0 Å². The summed E-state index contributed by atoms with van der Waals surface area (Å²) in [6.45, 7) is 4.13. The molecule has 0 aliphatic heterocycles. The Labute approximate surface area is 204 Å². The molecule has 0 bridgehead atoms. The Hall–Kier alpha value is -3.41. The van der Waals surface area contributed by atoms with Gasteiger partial charge in [0.15, 0.2) is 5.78 Å². The number of hydrogen-bond donors (Lipinski definition) is 0. The third-order valence-corrected chi connectivity index (χ3v) is 7.49. The molecule has 0 saturated heterocycles. The minimum atomic E-state index is -3.62. The van der Waals surface area contributed by atoms with E-state index in [4.69, 9.17) is 16.3 Å². The zero-order valence-corrected chi connectivity index (χ0v) is 20.3. The van der Waals surface area contributed by atoms with Crippen LogP contribution in [0.5, 0.6) is 11.5 Å². The molecule has 0 spiro atoms. The topological polar surface area (TPSA) is 60.4 Å². The van der Waals surface area contributed by atoms with E-state index in [-0.39, 0.29) is 15.6 Å².